The fraction of sp³-hybridized carbons (Fsp3) is 0.250. The fourth-order valence-corrected chi connectivity index (χ4v) is 5.28. The van der Waals surface area contributed by atoms with Crippen LogP contribution in [0.2, 0.25) is 10.0 Å². The number of likely N-dealkylation sites (N-methyl/N-ethyl adjacent to an activating group) is 1. The van der Waals surface area contributed by atoms with Crippen LogP contribution >= 0.6 is 23.2 Å². The first-order chi connectivity index (χ1) is 14.6. The second-order valence-corrected chi connectivity index (χ2v) is 9.47. The third kappa shape index (κ3) is 4.26. The summed E-state index contributed by atoms with van der Waals surface area (Å²) in [7, 11) is -2.77. The first-order valence-corrected chi connectivity index (χ1v) is 11.4. The quantitative estimate of drug-likeness (QED) is 0.678. The highest BCUT2D eigenvalue weighted by Crippen LogP contribution is 2.31. The monoisotopic (exact) mass is 483 g/mol. The van der Waals surface area contributed by atoms with Gasteiger partial charge < -0.3 is 10.2 Å². The minimum atomic E-state index is -4.18. The van der Waals surface area contributed by atoms with E-state index in [1.807, 2.05) is 0 Å². The summed E-state index contributed by atoms with van der Waals surface area (Å²) in [5, 5.41) is 3.02. The van der Waals surface area contributed by atoms with Crippen LogP contribution in [-0.2, 0) is 26.2 Å². The van der Waals surface area contributed by atoms with Crippen molar-refractivity contribution in [2.45, 2.75) is 24.4 Å². The molecule has 0 fully saturated rings. The zero-order valence-corrected chi connectivity index (χ0v) is 19.0. The van der Waals surface area contributed by atoms with E-state index in [1.54, 1.807) is 18.2 Å². The van der Waals surface area contributed by atoms with Gasteiger partial charge in [0.15, 0.2) is 0 Å². The molecule has 1 heterocycles. The van der Waals surface area contributed by atoms with Crippen molar-refractivity contribution in [1.82, 2.24) is 14.5 Å². The van der Waals surface area contributed by atoms with Gasteiger partial charge in [-0.15, -0.1) is 0 Å². The van der Waals surface area contributed by atoms with E-state index < -0.39 is 40.3 Å². The highest BCUT2D eigenvalue weighted by molar-refractivity contribution is 7.90. The molecule has 31 heavy (non-hydrogen) atoms. The van der Waals surface area contributed by atoms with Gasteiger partial charge in [0.25, 0.3) is 15.9 Å². The number of amides is 3. The number of carbonyl (C=O) groups excluding carboxylic acids is 3. The molecule has 1 N–H and O–H groups in total. The highest BCUT2D eigenvalue weighted by atomic mass is 35.5. The number of hydrogen-bond acceptors (Lipinski definition) is 5. The average molecular weight is 484 g/mol. The van der Waals surface area contributed by atoms with Crippen LogP contribution < -0.4 is 5.32 Å². The van der Waals surface area contributed by atoms with Crippen molar-refractivity contribution in [3.8, 4) is 0 Å². The van der Waals surface area contributed by atoms with Crippen LogP contribution in [0, 0.1) is 0 Å². The maximum Gasteiger partial charge on any atom is 0.269 e. The van der Waals surface area contributed by atoms with Gasteiger partial charge in [-0.1, -0.05) is 41.4 Å². The predicted octanol–water partition coefficient (Wildman–Crippen LogP) is 2.30. The van der Waals surface area contributed by atoms with Crippen molar-refractivity contribution in [3.63, 3.8) is 0 Å². The summed E-state index contributed by atoms with van der Waals surface area (Å²) in [5.41, 5.74) is 0.393. The Kier molecular flexibility index (Phi) is 6.59. The summed E-state index contributed by atoms with van der Waals surface area (Å²) in [5.74, 6) is -2.03. The van der Waals surface area contributed by atoms with Crippen molar-refractivity contribution >= 4 is 50.9 Å². The summed E-state index contributed by atoms with van der Waals surface area (Å²) in [6, 6.07) is 9.55. The lowest BCUT2D eigenvalue weighted by atomic mass is 10.1. The van der Waals surface area contributed by atoms with Crippen LogP contribution in [0.5, 0.6) is 0 Å². The third-order valence-electron chi connectivity index (χ3n) is 4.99. The predicted molar refractivity (Wildman–Crippen MR) is 115 cm³/mol. The zero-order valence-electron chi connectivity index (χ0n) is 16.6. The van der Waals surface area contributed by atoms with E-state index in [0.717, 1.165) is 4.90 Å². The van der Waals surface area contributed by atoms with Crippen molar-refractivity contribution in [2.24, 2.45) is 0 Å². The number of nitrogens with zero attached hydrogens (tertiary/aromatic N) is 2. The largest absolute Gasteiger partial charge is 0.357 e. The fourth-order valence-electron chi connectivity index (χ4n) is 3.25. The number of sulfonamides is 1. The maximum atomic E-state index is 13.2. The first-order valence-electron chi connectivity index (χ1n) is 9.19. The molecule has 0 bridgehead atoms. The Morgan fingerprint density at radius 3 is 2.29 bits per heavy atom. The molecule has 164 valence electrons. The second-order valence-electron chi connectivity index (χ2n) is 6.83. The molecule has 3 amide bonds. The zero-order chi connectivity index (χ0) is 22.9. The van der Waals surface area contributed by atoms with Gasteiger partial charge in [-0.05, 0) is 31.2 Å². The van der Waals surface area contributed by atoms with E-state index in [0.29, 0.717) is 9.87 Å². The molecule has 0 unspecified atom stereocenters. The molecule has 8 nitrogen and oxygen atoms in total. The molecule has 0 radical (unpaired) electrons. The molecule has 2 aromatic rings. The van der Waals surface area contributed by atoms with Crippen LogP contribution in [-0.4, -0.2) is 55.0 Å². The highest BCUT2D eigenvalue weighted by Gasteiger charge is 2.43. The van der Waals surface area contributed by atoms with Crippen molar-refractivity contribution in [1.29, 1.82) is 0 Å². The molecule has 1 aliphatic heterocycles. The van der Waals surface area contributed by atoms with Crippen LogP contribution in [0.25, 0.3) is 0 Å². The smallest absolute Gasteiger partial charge is 0.269 e. The minimum absolute atomic E-state index is 0.00431. The molecular formula is C20H19Cl2N3O5S. The molecule has 0 saturated carbocycles. The van der Waals surface area contributed by atoms with Gasteiger partial charge in [0.2, 0.25) is 11.8 Å². The molecule has 0 saturated heterocycles. The summed E-state index contributed by atoms with van der Waals surface area (Å²) in [6.07, 6.45) is 0. The summed E-state index contributed by atoms with van der Waals surface area (Å²) >= 11 is 12.4. The summed E-state index contributed by atoms with van der Waals surface area (Å²) in [4.78, 5) is 39.1. The Labute approximate surface area is 189 Å². The van der Waals surface area contributed by atoms with E-state index in [4.69, 9.17) is 23.2 Å². The Bertz CT molecular complexity index is 1150. The standard InChI is InChI=1S/C20H19Cl2N3O5S/c1-12(19(27)23-2)24(10-14-15(21)7-5-8-16(14)22)18(26)11-25-20(28)13-6-3-4-9-17(13)31(25,29)30/h3-9,12H,10-11H2,1-2H3,(H,23,27)/t12-/m0/s1. The van der Waals surface area contributed by atoms with Gasteiger partial charge in [-0.3, -0.25) is 14.4 Å². The van der Waals surface area contributed by atoms with Crippen LogP contribution in [0.3, 0.4) is 0 Å². The molecule has 11 heteroatoms. The van der Waals surface area contributed by atoms with Gasteiger partial charge in [0.1, 0.15) is 17.5 Å². The van der Waals surface area contributed by atoms with Crippen molar-refractivity contribution < 1.29 is 22.8 Å². The van der Waals surface area contributed by atoms with E-state index in [9.17, 15) is 22.8 Å². The molecule has 3 rings (SSSR count). The normalized spacial score (nSPS) is 15.4. The maximum absolute atomic E-state index is 13.2. The lowest BCUT2D eigenvalue weighted by Gasteiger charge is -2.30. The molecule has 1 aliphatic rings. The number of hydrogen-bond donors (Lipinski definition) is 1. The molecule has 0 spiro atoms. The Morgan fingerprint density at radius 2 is 1.71 bits per heavy atom. The lowest BCUT2D eigenvalue weighted by Crippen LogP contribution is -2.50. The summed E-state index contributed by atoms with van der Waals surface area (Å²) < 4.78 is 26.1. The van der Waals surface area contributed by atoms with Crippen molar-refractivity contribution in [3.05, 3.63) is 63.6 Å². The Morgan fingerprint density at radius 1 is 1.10 bits per heavy atom. The second kappa shape index (κ2) is 8.86. The third-order valence-corrected chi connectivity index (χ3v) is 7.49. The van der Waals surface area contributed by atoms with E-state index in [2.05, 4.69) is 5.32 Å². The van der Waals surface area contributed by atoms with E-state index in [1.165, 1.54) is 38.2 Å². The molecule has 1 atom stereocenters. The Balaban J connectivity index is 1.94. The topological polar surface area (TPSA) is 104 Å². The lowest BCUT2D eigenvalue weighted by molar-refractivity contribution is -0.140. The number of nitrogens with one attached hydrogen (secondary N) is 1. The molecular weight excluding hydrogens is 465 g/mol. The number of halogens is 2. The SMILES string of the molecule is CNC(=O)[C@H](C)N(Cc1c(Cl)cccc1Cl)C(=O)CN1C(=O)c2ccccc2S1(=O)=O. The van der Waals surface area contributed by atoms with Gasteiger partial charge in [0.05, 0.1) is 5.56 Å². The van der Waals surface area contributed by atoms with Crippen LogP contribution in [0.15, 0.2) is 47.4 Å². The first kappa shape index (κ1) is 23.1. The van der Waals surface area contributed by atoms with Gasteiger partial charge >= 0.3 is 0 Å². The molecule has 0 aliphatic carbocycles. The summed E-state index contributed by atoms with van der Waals surface area (Å²) in [6.45, 7) is 0.566. The van der Waals surface area contributed by atoms with E-state index >= 15 is 0 Å². The molecule has 0 aromatic heterocycles. The van der Waals surface area contributed by atoms with Gasteiger partial charge in [-0.2, -0.15) is 0 Å². The number of benzene rings is 2. The van der Waals surface area contributed by atoms with Gasteiger partial charge in [0, 0.05) is 29.2 Å². The van der Waals surface area contributed by atoms with Gasteiger partial charge in [-0.25, -0.2) is 12.7 Å². The van der Waals surface area contributed by atoms with Crippen LogP contribution in [0.4, 0.5) is 0 Å². The minimum Gasteiger partial charge on any atom is -0.357 e. The number of carbonyl (C=O) groups is 3. The van der Waals surface area contributed by atoms with Crippen LogP contribution in [0.1, 0.15) is 22.8 Å². The average Bonchev–Trinajstić information content (AvgIpc) is 2.93. The van der Waals surface area contributed by atoms with E-state index in [-0.39, 0.29) is 27.0 Å². The Hall–Kier alpha value is -2.62. The number of rotatable bonds is 6. The molecule has 2 aromatic carbocycles. The van der Waals surface area contributed by atoms with Crippen molar-refractivity contribution in [2.75, 3.05) is 13.6 Å². The number of fused-ring (bicyclic) bond motifs is 1.